The van der Waals surface area contributed by atoms with Gasteiger partial charge in [-0.2, -0.15) is 0 Å². The molecule has 30 heavy (non-hydrogen) atoms. The Kier molecular flexibility index (Phi) is 5.90. The summed E-state index contributed by atoms with van der Waals surface area (Å²) in [6.45, 7) is 1.33. The highest BCUT2D eigenvalue weighted by atomic mass is 35.5. The number of fused-ring (bicyclic) bond motifs is 1. The third-order valence-corrected chi connectivity index (χ3v) is 5.76. The van der Waals surface area contributed by atoms with Gasteiger partial charge in [-0.25, -0.2) is 4.79 Å². The first-order chi connectivity index (χ1) is 14.5. The molecule has 2 N–H and O–H groups in total. The van der Waals surface area contributed by atoms with Crippen LogP contribution in [0.25, 0.3) is 0 Å². The number of urea groups is 1. The fourth-order valence-corrected chi connectivity index (χ4v) is 3.99. The van der Waals surface area contributed by atoms with Crippen LogP contribution in [0.2, 0.25) is 5.02 Å². The van der Waals surface area contributed by atoms with E-state index in [4.69, 9.17) is 11.6 Å². The Morgan fingerprint density at radius 3 is 2.50 bits per heavy atom. The van der Waals surface area contributed by atoms with Crippen molar-refractivity contribution in [1.82, 2.24) is 20.4 Å². The SMILES string of the molecule is O=C1N[C@@H](Cc2ccc(Cl)cc2)C(=O)N2CCN(C(=O)NCc3ccccc3)C[C@H]12. The number of hydrogen-bond donors (Lipinski definition) is 2. The Morgan fingerprint density at radius 1 is 1.03 bits per heavy atom. The maximum atomic E-state index is 12.9. The minimum Gasteiger partial charge on any atom is -0.342 e. The van der Waals surface area contributed by atoms with E-state index >= 15 is 0 Å². The quantitative estimate of drug-likeness (QED) is 0.782. The molecule has 2 heterocycles. The van der Waals surface area contributed by atoms with E-state index in [1.54, 1.807) is 21.9 Å². The maximum absolute atomic E-state index is 12.9. The molecule has 0 unspecified atom stereocenters. The van der Waals surface area contributed by atoms with Crippen molar-refractivity contribution in [3.05, 3.63) is 70.7 Å². The summed E-state index contributed by atoms with van der Waals surface area (Å²) in [7, 11) is 0. The number of halogens is 1. The standard InChI is InChI=1S/C22H23ClN4O3/c23-17-8-6-15(7-9-17)12-18-21(29)27-11-10-26(14-19(27)20(28)25-18)22(30)24-13-16-4-2-1-3-5-16/h1-9,18-19H,10-14H2,(H,24,30)(H,25,28)/t18-,19+/m0/s1. The molecule has 0 saturated carbocycles. The zero-order valence-corrected chi connectivity index (χ0v) is 17.1. The molecule has 2 aliphatic heterocycles. The second kappa shape index (κ2) is 8.75. The molecule has 2 aromatic rings. The summed E-state index contributed by atoms with van der Waals surface area (Å²) in [6.07, 6.45) is 0.409. The normalized spacial score (nSPS) is 21.1. The van der Waals surface area contributed by atoms with Gasteiger partial charge in [0, 0.05) is 31.1 Å². The van der Waals surface area contributed by atoms with Gasteiger partial charge >= 0.3 is 6.03 Å². The lowest BCUT2D eigenvalue weighted by Gasteiger charge is -2.45. The first-order valence-corrected chi connectivity index (χ1v) is 10.3. The lowest BCUT2D eigenvalue weighted by atomic mass is 9.99. The van der Waals surface area contributed by atoms with Crippen LogP contribution in [0, 0.1) is 0 Å². The van der Waals surface area contributed by atoms with Crippen LogP contribution in [0.4, 0.5) is 4.79 Å². The molecule has 0 aliphatic carbocycles. The van der Waals surface area contributed by atoms with Crippen molar-refractivity contribution in [2.45, 2.75) is 25.0 Å². The topological polar surface area (TPSA) is 81.8 Å². The minimum absolute atomic E-state index is 0.112. The van der Waals surface area contributed by atoms with Crippen molar-refractivity contribution in [2.75, 3.05) is 19.6 Å². The molecule has 7 nitrogen and oxygen atoms in total. The molecule has 2 fully saturated rings. The van der Waals surface area contributed by atoms with Crippen molar-refractivity contribution in [3.8, 4) is 0 Å². The fraction of sp³-hybridized carbons (Fsp3) is 0.318. The number of carbonyl (C=O) groups excluding carboxylic acids is 3. The molecule has 2 atom stereocenters. The number of amides is 4. The molecule has 8 heteroatoms. The number of hydrogen-bond acceptors (Lipinski definition) is 3. The van der Waals surface area contributed by atoms with Crippen LogP contribution in [-0.4, -0.2) is 59.4 Å². The largest absolute Gasteiger partial charge is 0.342 e. The highest BCUT2D eigenvalue weighted by Gasteiger charge is 2.44. The van der Waals surface area contributed by atoms with E-state index in [1.807, 2.05) is 42.5 Å². The van der Waals surface area contributed by atoms with Gasteiger partial charge in [-0.1, -0.05) is 54.1 Å². The molecular weight excluding hydrogens is 404 g/mol. The van der Waals surface area contributed by atoms with Crippen molar-refractivity contribution < 1.29 is 14.4 Å². The van der Waals surface area contributed by atoms with Gasteiger partial charge in [0.15, 0.2) is 0 Å². The van der Waals surface area contributed by atoms with Crippen LogP contribution in [0.15, 0.2) is 54.6 Å². The average Bonchev–Trinajstić information content (AvgIpc) is 2.77. The third-order valence-electron chi connectivity index (χ3n) is 5.51. The van der Waals surface area contributed by atoms with Gasteiger partial charge in [-0.05, 0) is 23.3 Å². The van der Waals surface area contributed by atoms with Gasteiger partial charge in [0.2, 0.25) is 11.8 Å². The van der Waals surface area contributed by atoms with E-state index < -0.39 is 12.1 Å². The van der Waals surface area contributed by atoms with E-state index in [0.717, 1.165) is 11.1 Å². The predicted octanol–water partition coefficient (Wildman–Crippen LogP) is 1.80. The molecule has 2 aliphatic rings. The first kappa shape index (κ1) is 20.2. The monoisotopic (exact) mass is 426 g/mol. The first-order valence-electron chi connectivity index (χ1n) is 9.93. The van der Waals surface area contributed by atoms with E-state index in [-0.39, 0.29) is 24.4 Å². The molecule has 0 radical (unpaired) electrons. The summed E-state index contributed by atoms with van der Waals surface area (Å²) >= 11 is 5.91. The fourth-order valence-electron chi connectivity index (χ4n) is 3.87. The van der Waals surface area contributed by atoms with Gasteiger partial charge in [0.05, 0.1) is 6.54 Å². The molecule has 0 aromatic heterocycles. The van der Waals surface area contributed by atoms with E-state index in [2.05, 4.69) is 10.6 Å². The molecule has 0 bridgehead atoms. The summed E-state index contributed by atoms with van der Waals surface area (Å²) in [4.78, 5) is 41.3. The minimum atomic E-state index is -0.657. The number of piperazine rings is 2. The van der Waals surface area contributed by atoms with Crippen LogP contribution in [0.1, 0.15) is 11.1 Å². The molecule has 2 saturated heterocycles. The van der Waals surface area contributed by atoms with Gasteiger partial charge < -0.3 is 20.4 Å². The van der Waals surface area contributed by atoms with E-state index in [1.165, 1.54) is 0 Å². The molecular formula is C22H23ClN4O3. The number of rotatable bonds is 4. The zero-order valence-electron chi connectivity index (χ0n) is 16.4. The van der Waals surface area contributed by atoms with Crippen molar-refractivity contribution in [2.24, 2.45) is 0 Å². The number of nitrogens with one attached hydrogen (secondary N) is 2. The Hall–Kier alpha value is -3.06. The lowest BCUT2D eigenvalue weighted by molar-refractivity contribution is -0.152. The summed E-state index contributed by atoms with van der Waals surface area (Å²) in [5.41, 5.74) is 1.93. The van der Waals surface area contributed by atoms with Crippen molar-refractivity contribution >= 4 is 29.4 Å². The Labute approximate surface area is 180 Å². The molecule has 156 valence electrons. The molecule has 4 amide bonds. The molecule has 0 spiro atoms. The van der Waals surface area contributed by atoms with E-state index in [0.29, 0.717) is 31.1 Å². The van der Waals surface area contributed by atoms with Gasteiger partial charge in [-0.15, -0.1) is 0 Å². The Bertz CT molecular complexity index is 935. The van der Waals surface area contributed by atoms with Crippen LogP contribution in [0.3, 0.4) is 0 Å². The lowest BCUT2D eigenvalue weighted by Crippen LogP contribution is -2.70. The summed E-state index contributed by atoms with van der Waals surface area (Å²) in [5, 5.41) is 6.33. The van der Waals surface area contributed by atoms with Crippen LogP contribution < -0.4 is 10.6 Å². The summed E-state index contributed by atoms with van der Waals surface area (Å²) < 4.78 is 0. The number of benzene rings is 2. The summed E-state index contributed by atoms with van der Waals surface area (Å²) in [6, 6.07) is 15.4. The Balaban J connectivity index is 1.36. The van der Waals surface area contributed by atoms with Crippen LogP contribution in [0.5, 0.6) is 0 Å². The average molecular weight is 427 g/mol. The van der Waals surface area contributed by atoms with Crippen LogP contribution >= 0.6 is 11.6 Å². The maximum Gasteiger partial charge on any atom is 0.317 e. The zero-order chi connectivity index (χ0) is 21.1. The highest BCUT2D eigenvalue weighted by molar-refractivity contribution is 6.30. The van der Waals surface area contributed by atoms with Crippen LogP contribution in [-0.2, 0) is 22.6 Å². The molecule has 4 rings (SSSR count). The highest BCUT2D eigenvalue weighted by Crippen LogP contribution is 2.19. The van der Waals surface area contributed by atoms with Gasteiger partial charge in [0.1, 0.15) is 12.1 Å². The van der Waals surface area contributed by atoms with Gasteiger partial charge in [0.25, 0.3) is 0 Å². The van der Waals surface area contributed by atoms with Gasteiger partial charge in [-0.3, -0.25) is 9.59 Å². The second-order valence-corrected chi connectivity index (χ2v) is 7.97. The smallest absolute Gasteiger partial charge is 0.317 e. The van der Waals surface area contributed by atoms with Crippen molar-refractivity contribution in [1.29, 1.82) is 0 Å². The van der Waals surface area contributed by atoms with Crippen molar-refractivity contribution in [3.63, 3.8) is 0 Å². The second-order valence-electron chi connectivity index (χ2n) is 7.53. The third kappa shape index (κ3) is 4.41. The Morgan fingerprint density at radius 2 is 1.77 bits per heavy atom. The number of carbonyl (C=O) groups is 3. The number of nitrogens with zero attached hydrogens (tertiary/aromatic N) is 2. The van der Waals surface area contributed by atoms with E-state index in [9.17, 15) is 14.4 Å². The predicted molar refractivity (Wildman–Crippen MR) is 113 cm³/mol. The molecule has 2 aromatic carbocycles. The summed E-state index contributed by atoms with van der Waals surface area (Å²) in [5.74, 6) is -0.340.